The van der Waals surface area contributed by atoms with Gasteiger partial charge < -0.3 is 20.5 Å². The molecule has 0 spiro atoms. The van der Waals surface area contributed by atoms with Crippen molar-refractivity contribution >= 4 is 11.6 Å². The molecule has 1 amide bonds. The fourth-order valence-corrected chi connectivity index (χ4v) is 1.97. The summed E-state index contributed by atoms with van der Waals surface area (Å²) in [6.45, 7) is 5.16. The maximum atomic E-state index is 11.9. The standard InChI is InChI=1S/C14H20N2O3/c1-9(2)7-11(15)14(17)16-10-3-4-12-13(8-10)19-6-5-18-12/h3-4,8-9,11H,5-7,15H2,1-2H3,(H,16,17). The Hall–Kier alpha value is -1.75. The number of carbonyl (C=O) groups is 1. The van der Waals surface area contributed by atoms with E-state index in [-0.39, 0.29) is 5.91 Å². The van der Waals surface area contributed by atoms with Gasteiger partial charge in [-0.05, 0) is 24.5 Å². The average Bonchev–Trinajstić information content (AvgIpc) is 2.37. The lowest BCUT2D eigenvalue weighted by Gasteiger charge is -2.19. The van der Waals surface area contributed by atoms with E-state index in [4.69, 9.17) is 15.2 Å². The second kappa shape index (κ2) is 5.93. The third-order valence-corrected chi connectivity index (χ3v) is 2.87. The first-order valence-electron chi connectivity index (χ1n) is 6.52. The van der Waals surface area contributed by atoms with Crippen molar-refractivity contribution in [3.8, 4) is 11.5 Å². The highest BCUT2D eigenvalue weighted by Gasteiger charge is 2.17. The zero-order valence-corrected chi connectivity index (χ0v) is 11.3. The molecule has 0 radical (unpaired) electrons. The molecule has 1 heterocycles. The highest BCUT2D eigenvalue weighted by atomic mass is 16.6. The molecule has 5 nitrogen and oxygen atoms in total. The van der Waals surface area contributed by atoms with E-state index >= 15 is 0 Å². The monoisotopic (exact) mass is 264 g/mol. The molecule has 1 aromatic carbocycles. The molecule has 104 valence electrons. The van der Waals surface area contributed by atoms with Crippen LogP contribution in [0, 0.1) is 5.92 Å². The molecule has 0 saturated carbocycles. The Bertz CT molecular complexity index is 460. The summed E-state index contributed by atoms with van der Waals surface area (Å²) >= 11 is 0. The number of nitrogens with two attached hydrogens (primary N) is 1. The lowest BCUT2D eigenvalue weighted by Crippen LogP contribution is -2.36. The molecular formula is C14H20N2O3. The predicted octanol–water partition coefficient (Wildman–Crippen LogP) is 1.77. The number of carbonyl (C=O) groups excluding carboxylic acids is 1. The molecule has 0 aromatic heterocycles. The minimum absolute atomic E-state index is 0.176. The quantitative estimate of drug-likeness (QED) is 0.869. The van der Waals surface area contributed by atoms with E-state index in [1.54, 1.807) is 18.2 Å². The Morgan fingerprint density at radius 1 is 1.32 bits per heavy atom. The Labute approximate surface area is 113 Å². The molecule has 5 heteroatoms. The minimum atomic E-state index is -0.492. The van der Waals surface area contributed by atoms with E-state index in [1.165, 1.54) is 0 Å². The molecule has 0 bridgehead atoms. The van der Waals surface area contributed by atoms with Gasteiger partial charge in [-0.1, -0.05) is 13.8 Å². The summed E-state index contributed by atoms with van der Waals surface area (Å²) in [5, 5.41) is 2.80. The number of ether oxygens (including phenoxy) is 2. The SMILES string of the molecule is CC(C)CC(N)C(=O)Nc1ccc2c(c1)OCCO2. The van der Waals surface area contributed by atoms with Crippen LogP contribution in [-0.4, -0.2) is 25.2 Å². The molecule has 0 aliphatic carbocycles. The summed E-state index contributed by atoms with van der Waals surface area (Å²) < 4.78 is 10.9. The number of nitrogens with one attached hydrogen (secondary N) is 1. The Morgan fingerprint density at radius 2 is 2.00 bits per heavy atom. The largest absolute Gasteiger partial charge is 0.486 e. The van der Waals surface area contributed by atoms with Crippen molar-refractivity contribution in [3.05, 3.63) is 18.2 Å². The van der Waals surface area contributed by atoms with E-state index in [0.29, 0.717) is 42.7 Å². The molecule has 1 unspecified atom stereocenters. The topological polar surface area (TPSA) is 73.6 Å². The van der Waals surface area contributed by atoms with Crippen molar-refractivity contribution in [1.82, 2.24) is 0 Å². The first kappa shape index (κ1) is 13.7. The number of benzene rings is 1. The Morgan fingerprint density at radius 3 is 2.68 bits per heavy atom. The van der Waals surface area contributed by atoms with Crippen LogP contribution in [0.5, 0.6) is 11.5 Å². The molecular weight excluding hydrogens is 244 g/mol. The zero-order chi connectivity index (χ0) is 13.8. The van der Waals surface area contributed by atoms with E-state index < -0.39 is 6.04 Å². The second-order valence-corrected chi connectivity index (χ2v) is 5.08. The highest BCUT2D eigenvalue weighted by Crippen LogP contribution is 2.32. The van der Waals surface area contributed by atoms with Crippen molar-refractivity contribution in [2.24, 2.45) is 11.7 Å². The van der Waals surface area contributed by atoms with Crippen molar-refractivity contribution in [2.75, 3.05) is 18.5 Å². The summed E-state index contributed by atoms with van der Waals surface area (Å²) in [4.78, 5) is 11.9. The van der Waals surface area contributed by atoms with Crippen LogP contribution >= 0.6 is 0 Å². The predicted molar refractivity (Wildman–Crippen MR) is 73.5 cm³/mol. The van der Waals surface area contributed by atoms with Crippen molar-refractivity contribution in [3.63, 3.8) is 0 Å². The molecule has 1 aliphatic rings. The Balaban J connectivity index is 2.01. The number of anilines is 1. The van der Waals surface area contributed by atoms with Crippen LogP contribution in [0.4, 0.5) is 5.69 Å². The molecule has 3 N–H and O–H groups in total. The van der Waals surface area contributed by atoms with Gasteiger partial charge in [-0.15, -0.1) is 0 Å². The summed E-state index contributed by atoms with van der Waals surface area (Å²) in [6, 6.07) is 4.84. The normalized spacial score (nSPS) is 15.2. The van der Waals surface area contributed by atoms with Crippen LogP contribution in [0.25, 0.3) is 0 Å². The van der Waals surface area contributed by atoms with Gasteiger partial charge in [0.25, 0.3) is 0 Å². The van der Waals surface area contributed by atoms with Crippen LogP contribution in [0.2, 0.25) is 0 Å². The molecule has 0 saturated heterocycles. The maximum Gasteiger partial charge on any atom is 0.241 e. The molecule has 0 fully saturated rings. The van der Waals surface area contributed by atoms with E-state index in [9.17, 15) is 4.79 Å². The van der Waals surface area contributed by atoms with Crippen LogP contribution in [0.3, 0.4) is 0 Å². The summed E-state index contributed by atoms with van der Waals surface area (Å²) in [7, 11) is 0. The van der Waals surface area contributed by atoms with Crippen LogP contribution < -0.4 is 20.5 Å². The first-order valence-corrected chi connectivity index (χ1v) is 6.52. The fourth-order valence-electron chi connectivity index (χ4n) is 1.97. The van der Waals surface area contributed by atoms with Crippen molar-refractivity contribution < 1.29 is 14.3 Å². The van der Waals surface area contributed by atoms with E-state index in [0.717, 1.165) is 0 Å². The summed E-state index contributed by atoms with van der Waals surface area (Å²) in [5.41, 5.74) is 6.51. The number of amides is 1. The van der Waals surface area contributed by atoms with E-state index in [2.05, 4.69) is 5.32 Å². The van der Waals surface area contributed by atoms with Crippen LogP contribution in [0.15, 0.2) is 18.2 Å². The molecule has 1 aliphatic heterocycles. The molecule has 2 rings (SSSR count). The smallest absolute Gasteiger partial charge is 0.241 e. The second-order valence-electron chi connectivity index (χ2n) is 5.08. The number of hydrogen-bond donors (Lipinski definition) is 2. The van der Waals surface area contributed by atoms with Gasteiger partial charge in [0.2, 0.25) is 5.91 Å². The van der Waals surface area contributed by atoms with Gasteiger partial charge in [-0.2, -0.15) is 0 Å². The van der Waals surface area contributed by atoms with E-state index in [1.807, 2.05) is 13.8 Å². The zero-order valence-electron chi connectivity index (χ0n) is 11.3. The fraction of sp³-hybridized carbons (Fsp3) is 0.500. The third kappa shape index (κ3) is 3.61. The summed E-state index contributed by atoms with van der Waals surface area (Å²) in [5.74, 6) is 1.57. The van der Waals surface area contributed by atoms with Crippen LogP contribution in [-0.2, 0) is 4.79 Å². The number of rotatable bonds is 4. The molecule has 19 heavy (non-hydrogen) atoms. The van der Waals surface area contributed by atoms with Crippen LogP contribution in [0.1, 0.15) is 20.3 Å². The molecule has 1 atom stereocenters. The number of hydrogen-bond acceptors (Lipinski definition) is 4. The average molecular weight is 264 g/mol. The van der Waals surface area contributed by atoms with Crippen molar-refractivity contribution in [1.29, 1.82) is 0 Å². The van der Waals surface area contributed by atoms with Gasteiger partial charge in [0, 0.05) is 11.8 Å². The third-order valence-electron chi connectivity index (χ3n) is 2.87. The lowest BCUT2D eigenvalue weighted by atomic mass is 10.0. The maximum absolute atomic E-state index is 11.9. The first-order chi connectivity index (χ1) is 9.06. The van der Waals surface area contributed by atoms with Gasteiger partial charge in [0.15, 0.2) is 11.5 Å². The van der Waals surface area contributed by atoms with Gasteiger partial charge in [0.05, 0.1) is 6.04 Å². The highest BCUT2D eigenvalue weighted by molar-refractivity contribution is 5.94. The van der Waals surface area contributed by atoms with Crippen molar-refractivity contribution in [2.45, 2.75) is 26.3 Å². The van der Waals surface area contributed by atoms with Gasteiger partial charge in [0.1, 0.15) is 13.2 Å². The van der Waals surface area contributed by atoms with Gasteiger partial charge >= 0.3 is 0 Å². The van der Waals surface area contributed by atoms with Gasteiger partial charge in [-0.25, -0.2) is 0 Å². The summed E-state index contributed by atoms with van der Waals surface area (Å²) in [6.07, 6.45) is 0.663. The number of fused-ring (bicyclic) bond motifs is 1. The molecule has 1 aromatic rings. The Kier molecular flexibility index (Phi) is 4.27. The minimum Gasteiger partial charge on any atom is -0.486 e. The lowest BCUT2D eigenvalue weighted by molar-refractivity contribution is -0.117. The van der Waals surface area contributed by atoms with Gasteiger partial charge in [-0.3, -0.25) is 4.79 Å².